The zero-order valence-corrected chi connectivity index (χ0v) is 15.6. The van der Waals surface area contributed by atoms with E-state index in [1.165, 1.54) is 0 Å². The Morgan fingerprint density at radius 2 is 0.500 bits per heavy atom. The zero-order valence-electron chi connectivity index (χ0n) is 2.45. The molecule has 0 aromatic heterocycles. The molecule has 7 radical (unpaired) electrons. The quantitative estimate of drug-likeness (QED) is 0.373. The van der Waals surface area contributed by atoms with Crippen molar-refractivity contribution in [3.8, 4) is 0 Å². The van der Waals surface area contributed by atoms with Crippen molar-refractivity contribution in [2.75, 3.05) is 0 Å². The molecule has 0 bridgehead atoms. The van der Waals surface area contributed by atoms with Crippen molar-refractivity contribution in [3.05, 3.63) is 0 Å². The molecule has 0 aromatic rings. The second-order valence-electron chi connectivity index (χ2n) is 0. The van der Waals surface area contributed by atoms with Crippen molar-refractivity contribution >= 4 is 71.7 Å². The molecule has 0 amide bonds. The van der Waals surface area contributed by atoms with Crippen LogP contribution >= 0.6 is 0 Å². The molecule has 4 heteroatoms. The van der Waals surface area contributed by atoms with Crippen molar-refractivity contribution in [1.29, 1.82) is 0 Å². The molecule has 0 saturated heterocycles. The van der Waals surface area contributed by atoms with Crippen LogP contribution in [-0.2, 0) is 16.8 Å². The van der Waals surface area contributed by atoms with E-state index in [1.54, 1.807) is 0 Å². The summed E-state index contributed by atoms with van der Waals surface area (Å²) in [5, 5.41) is 0. The predicted octanol–water partition coefficient (Wildman–Crippen LogP) is -2.75. The van der Waals surface area contributed by atoms with Gasteiger partial charge in [-0.3, -0.25) is 0 Å². The Labute approximate surface area is 86.9 Å². The fraction of sp³-hybridized carbons (Fsp3) is 0. The van der Waals surface area contributed by atoms with Crippen LogP contribution in [0.5, 0.6) is 0 Å². The van der Waals surface area contributed by atoms with E-state index < -0.39 is 0 Å². The van der Waals surface area contributed by atoms with E-state index in [1.807, 2.05) is 0 Å². The SMILES string of the molecule is [Co].[SnH2].[SnH2].[SnH2]. The van der Waals surface area contributed by atoms with Crippen molar-refractivity contribution in [1.82, 2.24) is 0 Å². The number of hydrogen-bond acceptors (Lipinski definition) is 0. The summed E-state index contributed by atoms with van der Waals surface area (Å²) in [6.45, 7) is 0. The molecule has 0 N–H and O–H groups in total. The van der Waals surface area contributed by atoms with Crippen molar-refractivity contribution in [3.63, 3.8) is 0 Å². The molecular formula is H6CoSn3. The fourth-order valence-electron chi connectivity index (χ4n) is 0. The summed E-state index contributed by atoms with van der Waals surface area (Å²) in [6.07, 6.45) is 0. The minimum absolute atomic E-state index is 0. The van der Waals surface area contributed by atoms with E-state index in [0.717, 1.165) is 0 Å². The average Bonchev–Trinajstić information content (AvgIpc) is 0. The summed E-state index contributed by atoms with van der Waals surface area (Å²) in [4.78, 5) is 0. The maximum absolute atomic E-state index is 0. The Morgan fingerprint density at radius 1 is 0.500 bits per heavy atom. The molecular weight excluding hydrogens is 415 g/mol. The van der Waals surface area contributed by atoms with Gasteiger partial charge in [-0.25, -0.2) is 0 Å². The van der Waals surface area contributed by atoms with Crippen LogP contribution in [0.2, 0.25) is 0 Å². The molecule has 0 saturated carbocycles. The monoisotopic (exact) mass is 425 g/mol. The first-order valence-electron chi connectivity index (χ1n) is 0. The zero-order chi connectivity index (χ0) is 0. The molecule has 0 aliphatic heterocycles. The topological polar surface area (TPSA) is 0 Å². The van der Waals surface area contributed by atoms with Crippen LogP contribution in [0.3, 0.4) is 0 Å². The van der Waals surface area contributed by atoms with Gasteiger partial charge in [-0.15, -0.1) is 0 Å². The first kappa shape index (κ1) is 28.5. The van der Waals surface area contributed by atoms with Gasteiger partial charge in [0, 0.05) is 16.8 Å². The van der Waals surface area contributed by atoms with Gasteiger partial charge in [-0.1, -0.05) is 0 Å². The normalized spacial score (nSPS) is 0. The van der Waals surface area contributed by atoms with Gasteiger partial charge >= 0.3 is 71.7 Å². The average molecular weight is 421 g/mol. The third-order valence-electron chi connectivity index (χ3n) is 0. The Hall–Kier alpha value is 2.90. The summed E-state index contributed by atoms with van der Waals surface area (Å²) in [7, 11) is 0. The van der Waals surface area contributed by atoms with Gasteiger partial charge in [-0.05, 0) is 0 Å². The summed E-state index contributed by atoms with van der Waals surface area (Å²) < 4.78 is 0. The minimum atomic E-state index is 0. The Kier molecular flexibility index (Phi) is 120. The van der Waals surface area contributed by atoms with Crippen molar-refractivity contribution in [2.45, 2.75) is 0 Å². The Morgan fingerprint density at radius 3 is 0.500 bits per heavy atom. The molecule has 0 rings (SSSR count). The summed E-state index contributed by atoms with van der Waals surface area (Å²) in [5.41, 5.74) is 0. The van der Waals surface area contributed by atoms with E-state index in [2.05, 4.69) is 0 Å². The van der Waals surface area contributed by atoms with Gasteiger partial charge in [0.25, 0.3) is 0 Å². The molecule has 0 aliphatic rings. The van der Waals surface area contributed by atoms with Crippen LogP contribution in [0.4, 0.5) is 0 Å². The maximum atomic E-state index is 0. The van der Waals surface area contributed by atoms with Crippen molar-refractivity contribution < 1.29 is 16.8 Å². The van der Waals surface area contributed by atoms with Gasteiger partial charge in [0.05, 0.1) is 0 Å². The summed E-state index contributed by atoms with van der Waals surface area (Å²) in [6, 6.07) is 0. The first-order valence-corrected chi connectivity index (χ1v) is 0. The molecule has 0 spiro atoms. The standard InChI is InChI=1S/Co.3Sn.6H. The predicted molar refractivity (Wildman–Crippen MR) is 25.6 cm³/mol. The van der Waals surface area contributed by atoms with Gasteiger partial charge in [-0.2, -0.15) is 0 Å². The van der Waals surface area contributed by atoms with E-state index in [0.29, 0.717) is 0 Å². The Balaban J connectivity index is 0. The van der Waals surface area contributed by atoms with Gasteiger partial charge in [0.2, 0.25) is 0 Å². The third kappa shape index (κ3) is 8.86. The van der Waals surface area contributed by atoms with Crippen LogP contribution in [-0.4, -0.2) is 71.7 Å². The molecule has 0 heterocycles. The Bertz CT molecular complexity index is 3.25. The van der Waals surface area contributed by atoms with Crippen LogP contribution in [0.15, 0.2) is 0 Å². The number of rotatable bonds is 0. The fourth-order valence-corrected chi connectivity index (χ4v) is 0. The van der Waals surface area contributed by atoms with Crippen LogP contribution in [0, 0.1) is 0 Å². The van der Waals surface area contributed by atoms with Gasteiger partial charge < -0.3 is 0 Å². The summed E-state index contributed by atoms with van der Waals surface area (Å²) >= 11 is 0. The first-order chi connectivity index (χ1) is 0. The van der Waals surface area contributed by atoms with Crippen LogP contribution < -0.4 is 0 Å². The molecule has 0 aromatic carbocycles. The van der Waals surface area contributed by atoms with Crippen LogP contribution in [0.1, 0.15) is 0 Å². The van der Waals surface area contributed by atoms with E-state index in [-0.39, 0.29) is 88.5 Å². The molecule has 0 atom stereocenters. The van der Waals surface area contributed by atoms with E-state index >= 15 is 0 Å². The molecule has 4 heavy (non-hydrogen) atoms. The second kappa shape index (κ2) is 16.8. The van der Waals surface area contributed by atoms with Gasteiger partial charge in [0.15, 0.2) is 0 Å². The second-order valence-corrected chi connectivity index (χ2v) is 0. The number of hydrogen-bond donors (Lipinski definition) is 0. The van der Waals surface area contributed by atoms with Gasteiger partial charge in [0.1, 0.15) is 0 Å². The molecule has 0 fully saturated rings. The molecule has 0 unspecified atom stereocenters. The van der Waals surface area contributed by atoms with E-state index in [4.69, 9.17) is 0 Å². The third-order valence-corrected chi connectivity index (χ3v) is 0. The van der Waals surface area contributed by atoms with Crippen molar-refractivity contribution in [2.24, 2.45) is 0 Å². The molecule has 27 valence electrons. The van der Waals surface area contributed by atoms with E-state index in [9.17, 15) is 0 Å². The van der Waals surface area contributed by atoms with Crippen LogP contribution in [0.25, 0.3) is 0 Å². The molecule has 0 aliphatic carbocycles. The molecule has 0 nitrogen and oxygen atoms in total. The summed E-state index contributed by atoms with van der Waals surface area (Å²) in [5.74, 6) is 0.